The van der Waals surface area contributed by atoms with E-state index in [1.165, 1.54) is 16.9 Å². The number of carbonyl (C=O) groups excluding carboxylic acids is 1. The molecule has 1 heterocycles. The third-order valence-corrected chi connectivity index (χ3v) is 4.71. The van der Waals surface area contributed by atoms with Crippen LogP contribution in [0.3, 0.4) is 0 Å². The standard InChI is InChI=1S/C15H17NOS/c1-3-15(4-2,12-8-6-5-7-9-12)14-16-10-13(11-17)18-14/h5-11H,3-4H2,1-2H3. The zero-order chi connectivity index (χ0) is 13.0. The second-order valence-corrected chi connectivity index (χ2v) is 5.40. The van der Waals surface area contributed by atoms with Gasteiger partial charge in [-0.3, -0.25) is 4.79 Å². The number of aldehydes is 1. The highest BCUT2D eigenvalue weighted by Gasteiger charge is 2.33. The van der Waals surface area contributed by atoms with Gasteiger partial charge in [-0.1, -0.05) is 44.2 Å². The Morgan fingerprint density at radius 1 is 1.22 bits per heavy atom. The smallest absolute Gasteiger partial charge is 0.161 e. The van der Waals surface area contributed by atoms with Crippen molar-refractivity contribution < 1.29 is 4.79 Å². The summed E-state index contributed by atoms with van der Waals surface area (Å²) in [4.78, 5) is 16.0. The average Bonchev–Trinajstić information content (AvgIpc) is 2.91. The molecular weight excluding hydrogens is 242 g/mol. The molecule has 1 aromatic heterocycles. The molecule has 0 N–H and O–H groups in total. The Kier molecular flexibility index (Phi) is 3.92. The quantitative estimate of drug-likeness (QED) is 0.758. The molecule has 0 saturated carbocycles. The lowest BCUT2D eigenvalue weighted by Gasteiger charge is -2.30. The van der Waals surface area contributed by atoms with Gasteiger partial charge in [0.15, 0.2) is 6.29 Å². The molecule has 0 aliphatic carbocycles. The van der Waals surface area contributed by atoms with Gasteiger partial charge in [-0.05, 0) is 18.4 Å². The number of rotatable bonds is 5. The van der Waals surface area contributed by atoms with Crippen LogP contribution >= 0.6 is 11.3 Å². The van der Waals surface area contributed by atoms with Crippen LogP contribution in [0.2, 0.25) is 0 Å². The maximum atomic E-state index is 10.8. The van der Waals surface area contributed by atoms with Gasteiger partial charge in [0, 0.05) is 11.6 Å². The van der Waals surface area contributed by atoms with Crippen LogP contribution in [-0.2, 0) is 5.41 Å². The van der Waals surface area contributed by atoms with E-state index in [0.29, 0.717) is 4.88 Å². The number of thiazole rings is 1. The van der Waals surface area contributed by atoms with Crippen molar-refractivity contribution in [2.45, 2.75) is 32.1 Å². The first-order chi connectivity index (χ1) is 8.76. The Balaban J connectivity index is 2.53. The lowest BCUT2D eigenvalue weighted by Crippen LogP contribution is -2.25. The fourth-order valence-electron chi connectivity index (χ4n) is 2.40. The van der Waals surface area contributed by atoms with Gasteiger partial charge in [0.25, 0.3) is 0 Å². The minimum atomic E-state index is -0.0623. The summed E-state index contributed by atoms with van der Waals surface area (Å²) < 4.78 is 0. The Bertz CT molecular complexity index is 514. The van der Waals surface area contributed by atoms with Crippen molar-refractivity contribution >= 4 is 17.6 Å². The van der Waals surface area contributed by atoms with E-state index in [4.69, 9.17) is 0 Å². The maximum absolute atomic E-state index is 10.8. The molecule has 2 aromatic rings. The van der Waals surface area contributed by atoms with Gasteiger partial charge in [0.05, 0.1) is 4.88 Å². The Labute approximate surface area is 112 Å². The van der Waals surface area contributed by atoms with Gasteiger partial charge in [-0.2, -0.15) is 0 Å². The van der Waals surface area contributed by atoms with Crippen molar-refractivity contribution in [3.05, 3.63) is 52.0 Å². The highest BCUT2D eigenvalue weighted by molar-refractivity contribution is 7.13. The molecule has 3 heteroatoms. The van der Waals surface area contributed by atoms with Crippen molar-refractivity contribution in [1.82, 2.24) is 4.98 Å². The first-order valence-electron chi connectivity index (χ1n) is 6.24. The molecule has 0 saturated heterocycles. The minimum absolute atomic E-state index is 0.0623. The van der Waals surface area contributed by atoms with E-state index in [9.17, 15) is 4.79 Å². The SMILES string of the molecule is CCC(CC)(c1ccccc1)c1ncc(C=O)s1. The number of benzene rings is 1. The number of hydrogen-bond acceptors (Lipinski definition) is 3. The molecule has 0 radical (unpaired) electrons. The molecule has 0 atom stereocenters. The van der Waals surface area contributed by atoms with E-state index < -0.39 is 0 Å². The van der Waals surface area contributed by atoms with Crippen molar-refractivity contribution in [2.24, 2.45) is 0 Å². The maximum Gasteiger partial charge on any atom is 0.161 e. The summed E-state index contributed by atoms with van der Waals surface area (Å²) in [6, 6.07) is 10.4. The molecule has 2 rings (SSSR count). The molecule has 0 bridgehead atoms. The van der Waals surface area contributed by atoms with Crippen LogP contribution in [0.1, 0.15) is 46.9 Å². The zero-order valence-corrected chi connectivity index (χ0v) is 11.5. The predicted octanol–water partition coefficient (Wildman–Crippen LogP) is 4.06. The van der Waals surface area contributed by atoms with Crippen LogP contribution in [0, 0.1) is 0 Å². The van der Waals surface area contributed by atoms with E-state index in [1.807, 2.05) is 6.07 Å². The minimum Gasteiger partial charge on any atom is -0.297 e. The Hall–Kier alpha value is -1.48. The van der Waals surface area contributed by atoms with Crippen molar-refractivity contribution in [2.75, 3.05) is 0 Å². The molecule has 0 amide bonds. The van der Waals surface area contributed by atoms with Crippen LogP contribution in [0.4, 0.5) is 0 Å². The zero-order valence-electron chi connectivity index (χ0n) is 10.7. The second-order valence-electron chi connectivity index (χ2n) is 4.34. The summed E-state index contributed by atoms with van der Waals surface area (Å²) in [5.41, 5.74) is 1.22. The van der Waals surface area contributed by atoms with E-state index in [2.05, 4.69) is 43.1 Å². The van der Waals surface area contributed by atoms with Crippen LogP contribution in [0.15, 0.2) is 36.5 Å². The number of aromatic nitrogens is 1. The van der Waals surface area contributed by atoms with E-state index >= 15 is 0 Å². The van der Waals surface area contributed by atoms with Gasteiger partial charge in [0.1, 0.15) is 5.01 Å². The van der Waals surface area contributed by atoms with Gasteiger partial charge in [-0.15, -0.1) is 11.3 Å². The van der Waals surface area contributed by atoms with Crippen molar-refractivity contribution in [3.8, 4) is 0 Å². The number of carbonyl (C=O) groups is 1. The van der Waals surface area contributed by atoms with Gasteiger partial charge in [-0.25, -0.2) is 4.98 Å². The summed E-state index contributed by atoms with van der Waals surface area (Å²) >= 11 is 1.50. The summed E-state index contributed by atoms with van der Waals surface area (Å²) in [5.74, 6) is 0. The summed E-state index contributed by atoms with van der Waals surface area (Å²) in [6.45, 7) is 4.36. The Morgan fingerprint density at radius 3 is 2.39 bits per heavy atom. The molecular formula is C15H17NOS. The molecule has 2 nitrogen and oxygen atoms in total. The molecule has 0 aliphatic heterocycles. The molecule has 0 aliphatic rings. The third kappa shape index (κ3) is 2.10. The van der Waals surface area contributed by atoms with Gasteiger partial charge in [0.2, 0.25) is 0 Å². The first-order valence-corrected chi connectivity index (χ1v) is 7.05. The van der Waals surface area contributed by atoms with Crippen molar-refractivity contribution in [3.63, 3.8) is 0 Å². The molecule has 18 heavy (non-hydrogen) atoms. The van der Waals surface area contributed by atoms with Crippen molar-refractivity contribution in [1.29, 1.82) is 0 Å². The monoisotopic (exact) mass is 259 g/mol. The topological polar surface area (TPSA) is 30.0 Å². The van der Waals surface area contributed by atoms with Gasteiger partial charge >= 0.3 is 0 Å². The second kappa shape index (κ2) is 5.44. The van der Waals surface area contributed by atoms with Crippen LogP contribution in [-0.4, -0.2) is 11.3 Å². The number of nitrogens with zero attached hydrogens (tertiary/aromatic N) is 1. The lowest BCUT2D eigenvalue weighted by molar-refractivity contribution is 0.112. The van der Waals surface area contributed by atoms with Crippen LogP contribution < -0.4 is 0 Å². The molecule has 0 spiro atoms. The number of hydrogen-bond donors (Lipinski definition) is 0. The first kappa shape index (κ1) is 13.0. The molecule has 94 valence electrons. The van der Waals surface area contributed by atoms with Crippen LogP contribution in [0.5, 0.6) is 0 Å². The molecule has 1 aromatic carbocycles. The summed E-state index contributed by atoms with van der Waals surface area (Å²) in [6.07, 6.45) is 4.52. The molecule has 0 unspecified atom stereocenters. The third-order valence-electron chi connectivity index (χ3n) is 3.58. The molecule has 0 fully saturated rings. The van der Waals surface area contributed by atoms with E-state index in [1.54, 1.807) is 6.20 Å². The fraction of sp³-hybridized carbons (Fsp3) is 0.333. The van der Waals surface area contributed by atoms with Gasteiger partial charge < -0.3 is 0 Å². The lowest BCUT2D eigenvalue weighted by atomic mass is 9.76. The fourth-order valence-corrected chi connectivity index (χ4v) is 3.49. The highest BCUT2D eigenvalue weighted by Crippen LogP contribution is 2.40. The Morgan fingerprint density at radius 2 is 1.89 bits per heavy atom. The normalized spacial score (nSPS) is 11.4. The summed E-state index contributed by atoms with van der Waals surface area (Å²) in [7, 11) is 0. The van der Waals surface area contributed by atoms with Crippen LogP contribution in [0.25, 0.3) is 0 Å². The predicted molar refractivity (Wildman–Crippen MR) is 75.3 cm³/mol. The largest absolute Gasteiger partial charge is 0.297 e. The van der Waals surface area contributed by atoms with E-state index in [0.717, 1.165) is 24.1 Å². The van der Waals surface area contributed by atoms with E-state index in [-0.39, 0.29) is 5.41 Å². The summed E-state index contributed by atoms with van der Waals surface area (Å²) in [5, 5.41) is 1.04. The average molecular weight is 259 g/mol. The highest BCUT2D eigenvalue weighted by atomic mass is 32.1.